The number of ether oxygens (including phenoxy) is 1. The highest BCUT2D eigenvalue weighted by atomic mass is 19.1. The highest BCUT2D eigenvalue weighted by Gasteiger charge is 2.40. The van der Waals surface area contributed by atoms with E-state index < -0.39 is 18.3 Å². The normalized spacial score (nSPS) is 24.1. The van der Waals surface area contributed by atoms with E-state index in [0.717, 1.165) is 76.3 Å². The summed E-state index contributed by atoms with van der Waals surface area (Å²) in [4.78, 5) is 4.07. The minimum absolute atomic E-state index is 0.240. The maximum atomic E-state index is 14.0. The van der Waals surface area contributed by atoms with Crippen LogP contribution in [0.25, 0.3) is 0 Å². The van der Waals surface area contributed by atoms with Gasteiger partial charge in [-0.1, -0.05) is 30.3 Å². The van der Waals surface area contributed by atoms with Gasteiger partial charge in [0.05, 0.1) is 30.9 Å². The fraction of sp³-hybridized carbons (Fsp3) is 0.362. The Labute approximate surface area is 331 Å². The predicted molar refractivity (Wildman–Crippen MR) is 213 cm³/mol. The average molecular weight is 781 g/mol. The summed E-state index contributed by atoms with van der Waals surface area (Å²) in [6.07, 6.45) is 4.29. The summed E-state index contributed by atoms with van der Waals surface area (Å²) in [5.41, 5.74) is 7.90. The van der Waals surface area contributed by atoms with Crippen LogP contribution < -0.4 is 9.80 Å². The van der Waals surface area contributed by atoms with E-state index in [4.69, 9.17) is 4.74 Å². The van der Waals surface area contributed by atoms with Crippen molar-refractivity contribution in [3.63, 3.8) is 0 Å². The quantitative estimate of drug-likeness (QED) is 0.155. The van der Waals surface area contributed by atoms with Gasteiger partial charge in [-0.25, -0.2) is 17.6 Å². The molecule has 3 unspecified atom stereocenters. The fourth-order valence-corrected chi connectivity index (χ4v) is 9.24. The van der Waals surface area contributed by atoms with Crippen LogP contribution >= 0.6 is 0 Å². The van der Waals surface area contributed by atoms with Crippen molar-refractivity contribution in [2.45, 2.75) is 107 Å². The van der Waals surface area contributed by atoms with Crippen molar-refractivity contribution in [2.75, 3.05) is 9.80 Å². The molecule has 5 aromatic carbocycles. The van der Waals surface area contributed by atoms with Crippen LogP contribution in [0.1, 0.15) is 66.3 Å². The molecule has 2 fully saturated rings. The molecular weight excluding hydrogens is 733 g/mol. The molecule has 0 amide bonds. The number of anilines is 4. The SMILES string of the molecule is OC1C(OCc2ccccc2)CCCC1N1c2ccc(F)cc2CCc2cc(F)ccc21.O[C@@H]1[C@H](O)CCC[C@H]1N1c2ccc(F)cc2CCc2cc(F)ccc21. The van der Waals surface area contributed by atoms with Gasteiger partial charge in [0.15, 0.2) is 0 Å². The van der Waals surface area contributed by atoms with Crippen LogP contribution in [-0.2, 0) is 37.0 Å². The summed E-state index contributed by atoms with van der Waals surface area (Å²) in [5, 5.41) is 32.1. The second-order valence-electron chi connectivity index (χ2n) is 15.7. The van der Waals surface area contributed by atoms with Crippen LogP contribution in [0.2, 0.25) is 0 Å². The Morgan fingerprint density at radius 2 is 0.895 bits per heavy atom. The Bertz CT molecular complexity index is 2080. The zero-order valence-electron chi connectivity index (χ0n) is 31.7. The van der Waals surface area contributed by atoms with E-state index in [1.165, 1.54) is 36.4 Å². The number of halogens is 4. The van der Waals surface area contributed by atoms with Crippen molar-refractivity contribution in [1.29, 1.82) is 0 Å². The summed E-state index contributed by atoms with van der Waals surface area (Å²) >= 11 is 0. The molecule has 57 heavy (non-hydrogen) atoms. The second-order valence-corrected chi connectivity index (χ2v) is 15.7. The number of aryl methyl sites for hydroxylation is 4. The van der Waals surface area contributed by atoms with Gasteiger partial charge in [0.1, 0.15) is 35.5 Å². The number of benzene rings is 5. The van der Waals surface area contributed by atoms with E-state index in [0.29, 0.717) is 45.1 Å². The molecule has 6 atom stereocenters. The molecule has 4 aliphatic rings. The van der Waals surface area contributed by atoms with Gasteiger partial charge in [0.2, 0.25) is 0 Å². The van der Waals surface area contributed by atoms with E-state index in [2.05, 4.69) is 4.90 Å². The lowest BCUT2D eigenvalue weighted by atomic mass is 9.87. The first-order valence-corrected chi connectivity index (χ1v) is 20.1. The van der Waals surface area contributed by atoms with Crippen molar-refractivity contribution in [1.82, 2.24) is 0 Å². The number of rotatable bonds is 5. The van der Waals surface area contributed by atoms with Crippen LogP contribution in [0.5, 0.6) is 0 Å². The monoisotopic (exact) mass is 780 g/mol. The Kier molecular flexibility index (Phi) is 11.7. The average Bonchev–Trinajstić information content (AvgIpc) is 3.46. The van der Waals surface area contributed by atoms with E-state index in [9.17, 15) is 32.9 Å². The Morgan fingerprint density at radius 3 is 1.33 bits per heavy atom. The van der Waals surface area contributed by atoms with Gasteiger partial charge in [0, 0.05) is 22.7 Å². The van der Waals surface area contributed by atoms with E-state index in [1.807, 2.05) is 35.2 Å². The second kappa shape index (κ2) is 17.0. The Hall–Kier alpha value is -4.74. The molecular formula is C47H48F4N2O4. The molecule has 0 saturated heterocycles. The van der Waals surface area contributed by atoms with Crippen molar-refractivity contribution in [3.05, 3.63) is 154 Å². The molecule has 0 radical (unpaired) electrons. The summed E-state index contributed by atoms with van der Waals surface area (Å²) in [7, 11) is 0. The molecule has 0 spiro atoms. The lowest BCUT2D eigenvalue weighted by molar-refractivity contribution is -0.0739. The molecule has 2 aliphatic carbocycles. The van der Waals surface area contributed by atoms with Crippen LogP contribution in [0.15, 0.2) is 103 Å². The third-order valence-corrected chi connectivity index (χ3v) is 12.1. The van der Waals surface area contributed by atoms with Crippen LogP contribution in [0.3, 0.4) is 0 Å². The Balaban J connectivity index is 0.000000165. The summed E-state index contributed by atoms with van der Waals surface area (Å²) in [6, 6.07) is 28.2. The van der Waals surface area contributed by atoms with E-state index in [1.54, 1.807) is 36.4 Å². The van der Waals surface area contributed by atoms with Gasteiger partial charge in [-0.2, -0.15) is 0 Å². The maximum Gasteiger partial charge on any atom is 0.123 e. The highest BCUT2D eigenvalue weighted by molar-refractivity contribution is 5.73. The van der Waals surface area contributed by atoms with Crippen LogP contribution in [0.4, 0.5) is 40.3 Å². The molecule has 298 valence electrons. The van der Waals surface area contributed by atoms with Gasteiger partial charge in [-0.15, -0.1) is 0 Å². The maximum absolute atomic E-state index is 14.0. The molecule has 10 heteroatoms. The molecule has 2 heterocycles. The number of nitrogens with zero attached hydrogens (tertiary/aromatic N) is 2. The first-order valence-electron chi connectivity index (χ1n) is 20.1. The number of aliphatic hydroxyl groups is 3. The molecule has 2 aliphatic heterocycles. The van der Waals surface area contributed by atoms with Gasteiger partial charge >= 0.3 is 0 Å². The smallest absolute Gasteiger partial charge is 0.123 e. The minimum Gasteiger partial charge on any atom is -0.390 e. The summed E-state index contributed by atoms with van der Waals surface area (Å²) in [5.74, 6) is -1.18. The zero-order chi connectivity index (χ0) is 39.6. The van der Waals surface area contributed by atoms with Gasteiger partial charge in [-0.05, 0) is 165 Å². The van der Waals surface area contributed by atoms with E-state index >= 15 is 0 Å². The molecule has 5 aromatic rings. The third kappa shape index (κ3) is 8.32. The van der Waals surface area contributed by atoms with Crippen LogP contribution in [0, 0.1) is 23.3 Å². The number of aliphatic hydroxyl groups excluding tert-OH is 3. The number of hydrogen-bond acceptors (Lipinski definition) is 6. The zero-order valence-corrected chi connectivity index (χ0v) is 31.7. The van der Waals surface area contributed by atoms with E-state index in [-0.39, 0.29) is 41.5 Å². The number of fused-ring (bicyclic) bond motifs is 4. The standard InChI is InChI=1S/C27H27F2NO2.C20H21F2NO2/c28-21-11-13-23-19(15-21)9-10-20-16-22(29)12-14-24(20)30(23)25-7-4-8-26(27(25)31)32-17-18-5-2-1-3-6-18;21-14-6-8-16-12(10-14)4-5-13-11-15(22)7-9-17(13)23(16)18-2-1-3-19(24)20(18)25/h1-3,5-6,11-16,25-27,31H,4,7-10,17H2;6-11,18-20,24-25H,1-5H2/t;18-,19-,20+/m.1/s1. The molecule has 0 aromatic heterocycles. The predicted octanol–water partition coefficient (Wildman–Crippen LogP) is 9.18. The lowest BCUT2D eigenvalue weighted by Crippen LogP contribution is -2.50. The van der Waals surface area contributed by atoms with Crippen molar-refractivity contribution in [3.8, 4) is 0 Å². The highest BCUT2D eigenvalue weighted by Crippen LogP contribution is 2.43. The first-order chi connectivity index (χ1) is 27.6. The summed E-state index contributed by atoms with van der Waals surface area (Å²) in [6.45, 7) is 0.443. The van der Waals surface area contributed by atoms with Gasteiger partial charge in [-0.3, -0.25) is 0 Å². The van der Waals surface area contributed by atoms with Gasteiger partial charge in [0.25, 0.3) is 0 Å². The van der Waals surface area contributed by atoms with Crippen molar-refractivity contribution in [2.24, 2.45) is 0 Å². The largest absolute Gasteiger partial charge is 0.390 e. The third-order valence-electron chi connectivity index (χ3n) is 12.1. The van der Waals surface area contributed by atoms with Crippen molar-refractivity contribution < 1.29 is 37.6 Å². The number of hydrogen-bond donors (Lipinski definition) is 3. The molecule has 9 rings (SSSR count). The summed E-state index contributed by atoms with van der Waals surface area (Å²) < 4.78 is 61.8. The minimum atomic E-state index is -0.900. The Morgan fingerprint density at radius 1 is 0.491 bits per heavy atom. The topological polar surface area (TPSA) is 76.4 Å². The molecule has 6 nitrogen and oxygen atoms in total. The molecule has 3 N–H and O–H groups in total. The molecule has 2 saturated carbocycles. The van der Waals surface area contributed by atoms with Crippen molar-refractivity contribution >= 4 is 22.7 Å². The van der Waals surface area contributed by atoms with Gasteiger partial charge < -0.3 is 29.9 Å². The molecule has 0 bridgehead atoms. The first kappa shape index (κ1) is 39.1. The van der Waals surface area contributed by atoms with Crippen LogP contribution in [-0.4, -0.2) is 51.8 Å². The fourth-order valence-electron chi connectivity index (χ4n) is 9.24. The lowest BCUT2D eigenvalue weighted by Gasteiger charge is -2.43.